The number of methoxy groups -OCH3 is 1. The molecule has 0 aliphatic heterocycles. The lowest BCUT2D eigenvalue weighted by molar-refractivity contribution is 0.289. The highest BCUT2D eigenvalue weighted by atomic mass is 19.1. The summed E-state index contributed by atoms with van der Waals surface area (Å²) in [5, 5.41) is 21.9. The number of aliphatic hydroxyl groups is 1. The highest BCUT2D eigenvalue weighted by molar-refractivity contribution is 6.00. The van der Waals surface area contributed by atoms with Crippen LogP contribution in [0, 0.1) is 11.2 Å². The van der Waals surface area contributed by atoms with E-state index < -0.39 is 0 Å². The molecule has 0 spiro atoms. The van der Waals surface area contributed by atoms with Gasteiger partial charge in [0.15, 0.2) is 0 Å². The number of halogens is 1. The first-order valence-electron chi connectivity index (χ1n) is 10.8. The van der Waals surface area contributed by atoms with E-state index in [1.165, 1.54) is 12.1 Å². The van der Waals surface area contributed by atoms with Crippen LogP contribution in [0.4, 0.5) is 10.1 Å². The standard InChI is InChI=1S/C25H26FN5O2/c1-33-19-14-22-25(30-15-19)21(9-11-29-22)28-10-3-2-6-24(27)31-16-17(5-4-12-32)20-8-7-18(26)13-23(20)31/h2,6-9,11,13-16,27,32H,3-5,10,12H2,1H3,(H,28,29)/b6-2-,27-24?. The third kappa shape index (κ3) is 5.01. The van der Waals surface area contributed by atoms with Gasteiger partial charge in [0.2, 0.25) is 0 Å². The molecule has 1 aromatic carbocycles. The lowest BCUT2D eigenvalue weighted by Gasteiger charge is -2.08. The van der Waals surface area contributed by atoms with Crippen molar-refractivity contribution in [1.82, 2.24) is 14.5 Å². The molecular weight excluding hydrogens is 421 g/mol. The minimum atomic E-state index is -0.340. The SMILES string of the molecule is COc1cnc2c(NCC/C=C\C(=N)n3cc(CCCO)c4ccc(F)cc43)ccnc2c1. The van der Waals surface area contributed by atoms with E-state index in [2.05, 4.69) is 15.3 Å². The van der Waals surface area contributed by atoms with Crippen LogP contribution >= 0.6 is 0 Å². The molecule has 0 atom stereocenters. The first kappa shape index (κ1) is 22.4. The molecule has 3 aromatic heterocycles. The van der Waals surface area contributed by atoms with E-state index >= 15 is 0 Å². The van der Waals surface area contributed by atoms with Gasteiger partial charge in [-0.05, 0) is 55.2 Å². The summed E-state index contributed by atoms with van der Waals surface area (Å²) < 4.78 is 20.7. The van der Waals surface area contributed by atoms with E-state index in [9.17, 15) is 4.39 Å². The van der Waals surface area contributed by atoms with Crippen molar-refractivity contribution in [3.63, 3.8) is 0 Å². The molecule has 0 saturated carbocycles. The quantitative estimate of drug-likeness (QED) is 0.199. The predicted molar refractivity (Wildman–Crippen MR) is 129 cm³/mol. The summed E-state index contributed by atoms with van der Waals surface area (Å²) in [6.45, 7) is 0.744. The number of hydrogen-bond donors (Lipinski definition) is 3. The number of nitrogens with one attached hydrogen (secondary N) is 2. The number of aliphatic hydroxyl groups excluding tert-OH is 1. The maximum absolute atomic E-state index is 13.8. The van der Waals surface area contributed by atoms with Crippen LogP contribution in [0.2, 0.25) is 0 Å². The molecule has 170 valence electrons. The van der Waals surface area contributed by atoms with Crippen LogP contribution in [0.15, 0.2) is 61.1 Å². The fourth-order valence-corrected chi connectivity index (χ4v) is 3.77. The summed E-state index contributed by atoms with van der Waals surface area (Å²) in [6, 6.07) is 8.32. The van der Waals surface area contributed by atoms with Crippen LogP contribution < -0.4 is 10.1 Å². The first-order valence-corrected chi connectivity index (χ1v) is 10.8. The van der Waals surface area contributed by atoms with Gasteiger partial charge in [0, 0.05) is 37.0 Å². The van der Waals surface area contributed by atoms with Crippen molar-refractivity contribution in [2.75, 3.05) is 25.6 Å². The summed E-state index contributed by atoms with van der Waals surface area (Å²) >= 11 is 0. The second-order valence-electron chi connectivity index (χ2n) is 7.62. The van der Waals surface area contributed by atoms with E-state index in [1.807, 2.05) is 24.4 Å². The lowest BCUT2D eigenvalue weighted by Crippen LogP contribution is -2.06. The van der Waals surface area contributed by atoms with Crippen molar-refractivity contribution in [3.05, 3.63) is 72.5 Å². The Hall–Kier alpha value is -3.78. The van der Waals surface area contributed by atoms with Gasteiger partial charge in [0.05, 0.1) is 30.0 Å². The Morgan fingerprint density at radius 2 is 2.15 bits per heavy atom. The lowest BCUT2D eigenvalue weighted by atomic mass is 10.1. The number of fused-ring (bicyclic) bond motifs is 2. The molecule has 0 saturated heterocycles. The fourth-order valence-electron chi connectivity index (χ4n) is 3.77. The van der Waals surface area contributed by atoms with Crippen LogP contribution in [0.3, 0.4) is 0 Å². The van der Waals surface area contributed by atoms with E-state index in [4.69, 9.17) is 15.3 Å². The van der Waals surface area contributed by atoms with Gasteiger partial charge in [0.25, 0.3) is 0 Å². The van der Waals surface area contributed by atoms with Gasteiger partial charge in [-0.15, -0.1) is 0 Å². The van der Waals surface area contributed by atoms with Crippen molar-refractivity contribution >= 4 is 33.5 Å². The molecule has 0 fully saturated rings. The van der Waals surface area contributed by atoms with Crippen molar-refractivity contribution in [1.29, 1.82) is 5.41 Å². The monoisotopic (exact) mass is 447 g/mol. The van der Waals surface area contributed by atoms with Gasteiger partial charge in [-0.25, -0.2) is 9.37 Å². The number of rotatable bonds is 9. The number of allylic oxidation sites excluding steroid dienone is 1. The third-order valence-electron chi connectivity index (χ3n) is 5.40. The van der Waals surface area contributed by atoms with Gasteiger partial charge in [0.1, 0.15) is 22.9 Å². The molecule has 0 bridgehead atoms. The van der Waals surface area contributed by atoms with E-state index in [0.29, 0.717) is 37.1 Å². The van der Waals surface area contributed by atoms with Crippen molar-refractivity contribution < 1.29 is 14.2 Å². The largest absolute Gasteiger partial charge is 0.495 e. The van der Waals surface area contributed by atoms with Crippen LogP contribution in [0.1, 0.15) is 18.4 Å². The van der Waals surface area contributed by atoms with Gasteiger partial charge in [-0.2, -0.15) is 0 Å². The molecule has 0 radical (unpaired) electrons. The Bertz CT molecular complexity index is 1320. The number of benzene rings is 1. The van der Waals surface area contributed by atoms with E-state index in [1.54, 1.807) is 36.2 Å². The molecule has 8 heteroatoms. The Kier molecular flexibility index (Phi) is 6.95. The van der Waals surface area contributed by atoms with Crippen molar-refractivity contribution in [3.8, 4) is 5.75 Å². The molecule has 0 aliphatic carbocycles. The number of aryl methyl sites for hydroxylation is 1. The topological polar surface area (TPSA) is 96.0 Å². The molecule has 4 rings (SSSR count). The number of pyridine rings is 2. The zero-order chi connectivity index (χ0) is 23.2. The maximum atomic E-state index is 13.8. The van der Waals surface area contributed by atoms with Gasteiger partial charge in [-0.1, -0.05) is 6.08 Å². The fraction of sp³-hybridized carbons (Fsp3) is 0.240. The number of ether oxygens (including phenoxy) is 1. The minimum absolute atomic E-state index is 0.0913. The van der Waals surface area contributed by atoms with Crippen LogP contribution in [-0.4, -0.2) is 45.7 Å². The molecule has 7 nitrogen and oxygen atoms in total. The summed E-state index contributed by atoms with van der Waals surface area (Å²) in [7, 11) is 1.60. The molecular formula is C25H26FN5O2. The highest BCUT2D eigenvalue weighted by Gasteiger charge is 2.11. The van der Waals surface area contributed by atoms with Gasteiger partial charge in [-0.3, -0.25) is 10.4 Å². The Morgan fingerprint density at radius 1 is 1.27 bits per heavy atom. The Morgan fingerprint density at radius 3 is 2.97 bits per heavy atom. The summed E-state index contributed by atoms with van der Waals surface area (Å²) in [6.07, 6.45) is 10.9. The van der Waals surface area contributed by atoms with Gasteiger partial charge >= 0.3 is 0 Å². The number of aromatic nitrogens is 3. The number of nitrogens with zero attached hydrogens (tertiary/aromatic N) is 3. The molecule has 0 aliphatic rings. The molecule has 0 unspecified atom stereocenters. The summed E-state index contributed by atoms with van der Waals surface area (Å²) in [5.41, 5.74) is 4.05. The summed E-state index contributed by atoms with van der Waals surface area (Å²) in [5.74, 6) is 0.571. The molecule has 4 aromatic rings. The van der Waals surface area contributed by atoms with Crippen molar-refractivity contribution in [2.45, 2.75) is 19.3 Å². The maximum Gasteiger partial charge on any atom is 0.139 e. The molecule has 33 heavy (non-hydrogen) atoms. The van der Waals surface area contributed by atoms with Crippen LogP contribution in [0.25, 0.3) is 21.9 Å². The predicted octanol–water partition coefficient (Wildman–Crippen LogP) is 4.54. The normalized spacial score (nSPS) is 11.5. The second-order valence-corrected chi connectivity index (χ2v) is 7.62. The second kappa shape index (κ2) is 10.2. The summed E-state index contributed by atoms with van der Waals surface area (Å²) in [4.78, 5) is 8.76. The Labute approximate surface area is 191 Å². The zero-order valence-corrected chi connectivity index (χ0v) is 18.4. The number of hydrogen-bond acceptors (Lipinski definition) is 6. The smallest absolute Gasteiger partial charge is 0.139 e. The minimum Gasteiger partial charge on any atom is -0.495 e. The molecule has 3 N–H and O–H groups in total. The third-order valence-corrected chi connectivity index (χ3v) is 5.40. The van der Waals surface area contributed by atoms with Crippen LogP contribution in [0.5, 0.6) is 5.75 Å². The Balaban J connectivity index is 1.42. The molecule has 0 amide bonds. The van der Waals surface area contributed by atoms with E-state index in [0.717, 1.165) is 27.7 Å². The van der Waals surface area contributed by atoms with Crippen LogP contribution in [-0.2, 0) is 6.42 Å². The van der Waals surface area contributed by atoms with Gasteiger partial charge < -0.3 is 19.7 Å². The zero-order valence-electron chi connectivity index (χ0n) is 18.4. The highest BCUT2D eigenvalue weighted by Crippen LogP contribution is 2.24. The van der Waals surface area contributed by atoms with E-state index in [-0.39, 0.29) is 18.3 Å². The van der Waals surface area contributed by atoms with Crippen molar-refractivity contribution in [2.24, 2.45) is 0 Å². The average Bonchev–Trinajstić information content (AvgIpc) is 3.19. The molecule has 3 heterocycles. The number of anilines is 1. The first-order chi connectivity index (χ1) is 16.1. The average molecular weight is 448 g/mol.